The molecule has 1 aromatic carbocycles. The van der Waals surface area contributed by atoms with E-state index in [1.165, 1.54) is 0 Å². The first-order valence-corrected chi connectivity index (χ1v) is 7.58. The zero-order valence-electron chi connectivity index (χ0n) is 12.3. The highest BCUT2D eigenvalue weighted by molar-refractivity contribution is 6.30. The largest absolute Gasteiger partial charge is 0.466 e. The van der Waals surface area contributed by atoms with E-state index in [2.05, 4.69) is 5.32 Å². The molecule has 0 spiro atoms. The van der Waals surface area contributed by atoms with Gasteiger partial charge in [-0.1, -0.05) is 23.7 Å². The van der Waals surface area contributed by atoms with E-state index in [1.807, 2.05) is 19.1 Å². The molecule has 114 valence electrons. The van der Waals surface area contributed by atoms with Crippen molar-refractivity contribution < 1.29 is 14.3 Å². The van der Waals surface area contributed by atoms with Gasteiger partial charge in [-0.15, -0.1) is 0 Å². The van der Waals surface area contributed by atoms with Crippen LogP contribution in [-0.4, -0.2) is 24.5 Å². The molecule has 1 aliphatic rings. The number of hydrogen-bond acceptors (Lipinski definition) is 3. The van der Waals surface area contributed by atoms with Crippen molar-refractivity contribution in [2.75, 3.05) is 6.61 Å². The SMILES string of the molecule is CCOC(=O)CC(C)NC(=O)C1(c2ccc(Cl)cc2)CC1. The molecule has 1 N–H and O–H groups in total. The van der Waals surface area contributed by atoms with Crippen LogP contribution in [0.4, 0.5) is 0 Å². The molecule has 1 unspecified atom stereocenters. The van der Waals surface area contributed by atoms with Crippen molar-refractivity contribution >= 4 is 23.5 Å². The van der Waals surface area contributed by atoms with Crippen molar-refractivity contribution in [1.29, 1.82) is 0 Å². The fraction of sp³-hybridized carbons (Fsp3) is 0.500. The lowest BCUT2D eigenvalue weighted by atomic mass is 9.94. The number of halogens is 1. The normalized spacial score (nSPS) is 16.9. The van der Waals surface area contributed by atoms with Crippen molar-refractivity contribution in [3.8, 4) is 0 Å². The number of nitrogens with one attached hydrogen (secondary N) is 1. The lowest BCUT2D eigenvalue weighted by Crippen LogP contribution is -2.41. The molecule has 1 aromatic rings. The van der Waals surface area contributed by atoms with Crippen molar-refractivity contribution in [2.45, 2.75) is 44.6 Å². The van der Waals surface area contributed by atoms with E-state index in [9.17, 15) is 9.59 Å². The Morgan fingerprint density at radius 3 is 2.48 bits per heavy atom. The van der Waals surface area contributed by atoms with Crippen LogP contribution in [0.1, 0.15) is 38.7 Å². The zero-order valence-corrected chi connectivity index (χ0v) is 13.1. The van der Waals surface area contributed by atoms with Crippen LogP contribution in [0, 0.1) is 0 Å². The van der Waals surface area contributed by atoms with E-state index in [1.54, 1.807) is 19.1 Å². The standard InChI is InChI=1S/C16H20ClNO3/c1-3-21-14(19)10-11(2)18-15(20)16(8-9-16)12-4-6-13(17)7-5-12/h4-7,11H,3,8-10H2,1-2H3,(H,18,20). The number of amides is 1. The lowest BCUT2D eigenvalue weighted by Gasteiger charge is -2.19. The Kier molecular flexibility index (Phi) is 4.88. The van der Waals surface area contributed by atoms with Crippen LogP contribution in [-0.2, 0) is 19.7 Å². The van der Waals surface area contributed by atoms with Gasteiger partial charge < -0.3 is 10.1 Å². The summed E-state index contributed by atoms with van der Waals surface area (Å²) in [5.41, 5.74) is 0.529. The fourth-order valence-electron chi connectivity index (χ4n) is 2.42. The highest BCUT2D eigenvalue weighted by atomic mass is 35.5. The molecule has 4 nitrogen and oxygen atoms in total. The van der Waals surface area contributed by atoms with Crippen LogP contribution in [0.5, 0.6) is 0 Å². The van der Waals surface area contributed by atoms with Gasteiger partial charge in [0.1, 0.15) is 0 Å². The Morgan fingerprint density at radius 1 is 1.33 bits per heavy atom. The minimum absolute atomic E-state index is 0.0263. The van der Waals surface area contributed by atoms with E-state index in [-0.39, 0.29) is 24.3 Å². The third-order valence-electron chi connectivity index (χ3n) is 3.74. The minimum atomic E-state index is -0.451. The third kappa shape index (κ3) is 3.76. The van der Waals surface area contributed by atoms with Crippen LogP contribution in [0.25, 0.3) is 0 Å². The van der Waals surface area contributed by atoms with Gasteiger partial charge in [-0.25, -0.2) is 0 Å². The maximum atomic E-state index is 12.5. The first kappa shape index (κ1) is 15.8. The number of carbonyl (C=O) groups is 2. The van der Waals surface area contributed by atoms with Crippen LogP contribution < -0.4 is 5.32 Å². The van der Waals surface area contributed by atoms with E-state index in [0.29, 0.717) is 11.6 Å². The number of carbonyl (C=O) groups excluding carboxylic acids is 2. The van der Waals surface area contributed by atoms with E-state index >= 15 is 0 Å². The maximum absolute atomic E-state index is 12.5. The summed E-state index contributed by atoms with van der Waals surface area (Å²) in [4.78, 5) is 23.9. The number of benzene rings is 1. The monoisotopic (exact) mass is 309 g/mol. The van der Waals surface area contributed by atoms with Crippen LogP contribution >= 0.6 is 11.6 Å². The zero-order chi connectivity index (χ0) is 15.5. The highest BCUT2D eigenvalue weighted by Gasteiger charge is 2.51. The van der Waals surface area contributed by atoms with Crippen LogP contribution in [0.3, 0.4) is 0 Å². The summed E-state index contributed by atoms with van der Waals surface area (Å²) in [6, 6.07) is 7.15. The molecule has 0 saturated heterocycles. The molecular formula is C16H20ClNO3. The summed E-state index contributed by atoms with van der Waals surface area (Å²) >= 11 is 5.88. The molecule has 5 heteroatoms. The quantitative estimate of drug-likeness (QED) is 0.822. The molecule has 0 aliphatic heterocycles. The molecule has 2 rings (SSSR count). The topological polar surface area (TPSA) is 55.4 Å². The summed E-state index contributed by atoms with van der Waals surface area (Å²) in [7, 11) is 0. The Balaban J connectivity index is 1.96. The molecule has 0 heterocycles. The van der Waals surface area contributed by atoms with Gasteiger partial charge in [0, 0.05) is 11.1 Å². The number of hydrogen-bond donors (Lipinski definition) is 1. The molecule has 1 aliphatic carbocycles. The van der Waals surface area contributed by atoms with Crippen LogP contribution in [0.15, 0.2) is 24.3 Å². The number of esters is 1. The number of rotatable bonds is 6. The van der Waals surface area contributed by atoms with Crippen molar-refractivity contribution in [3.63, 3.8) is 0 Å². The molecular weight excluding hydrogens is 290 g/mol. The van der Waals surface area contributed by atoms with Gasteiger partial charge in [0.25, 0.3) is 0 Å². The Labute approximate surface area is 129 Å². The summed E-state index contributed by atoms with van der Waals surface area (Å²) in [5.74, 6) is -0.316. The summed E-state index contributed by atoms with van der Waals surface area (Å²) in [5, 5.41) is 3.57. The fourth-order valence-corrected chi connectivity index (χ4v) is 2.55. The molecule has 0 radical (unpaired) electrons. The second-order valence-electron chi connectivity index (χ2n) is 5.47. The molecule has 1 saturated carbocycles. The van der Waals surface area contributed by atoms with Gasteiger partial charge in [-0.2, -0.15) is 0 Å². The lowest BCUT2D eigenvalue weighted by molar-refractivity contribution is -0.143. The van der Waals surface area contributed by atoms with Crippen molar-refractivity contribution in [1.82, 2.24) is 5.32 Å². The Hall–Kier alpha value is -1.55. The first-order valence-electron chi connectivity index (χ1n) is 7.20. The maximum Gasteiger partial charge on any atom is 0.307 e. The summed E-state index contributed by atoms with van der Waals surface area (Å²) in [6.45, 7) is 3.93. The van der Waals surface area contributed by atoms with E-state index in [4.69, 9.17) is 16.3 Å². The van der Waals surface area contributed by atoms with E-state index in [0.717, 1.165) is 18.4 Å². The molecule has 0 bridgehead atoms. The van der Waals surface area contributed by atoms with Gasteiger partial charge in [0.15, 0.2) is 0 Å². The highest BCUT2D eigenvalue weighted by Crippen LogP contribution is 2.48. The van der Waals surface area contributed by atoms with Gasteiger partial charge in [-0.05, 0) is 44.4 Å². The Morgan fingerprint density at radius 2 is 1.95 bits per heavy atom. The smallest absolute Gasteiger partial charge is 0.307 e. The Bertz CT molecular complexity index is 523. The predicted molar refractivity (Wildman–Crippen MR) is 81.2 cm³/mol. The van der Waals surface area contributed by atoms with Gasteiger partial charge in [-0.3, -0.25) is 9.59 Å². The predicted octanol–water partition coefficient (Wildman–Crippen LogP) is 2.83. The van der Waals surface area contributed by atoms with Crippen LogP contribution in [0.2, 0.25) is 5.02 Å². The van der Waals surface area contributed by atoms with Crippen molar-refractivity contribution in [2.24, 2.45) is 0 Å². The van der Waals surface area contributed by atoms with Gasteiger partial charge >= 0.3 is 5.97 Å². The van der Waals surface area contributed by atoms with Gasteiger partial charge in [0.2, 0.25) is 5.91 Å². The first-order chi connectivity index (χ1) is 9.98. The average molecular weight is 310 g/mol. The van der Waals surface area contributed by atoms with Crippen molar-refractivity contribution in [3.05, 3.63) is 34.9 Å². The summed E-state index contributed by atoms with van der Waals surface area (Å²) < 4.78 is 4.89. The molecule has 21 heavy (non-hydrogen) atoms. The molecule has 1 fully saturated rings. The third-order valence-corrected chi connectivity index (χ3v) is 3.99. The minimum Gasteiger partial charge on any atom is -0.466 e. The molecule has 0 aromatic heterocycles. The molecule has 1 atom stereocenters. The second kappa shape index (κ2) is 6.48. The van der Waals surface area contributed by atoms with Gasteiger partial charge in [0.05, 0.1) is 18.4 Å². The number of ether oxygens (including phenoxy) is 1. The molecule has 1 amide bonds. The van der Waals surface area contributed by atoms with E-state index < -0.39 is 5.41 Å². The second-order valence-corrected chi connectivity index (χ2v) is 5.91. The average Bonchev–Trinajstić information content (AvgIpc) is 3.21. The summed E-state index contributed by atoms with van der Waals surface area (Å²) in [6.07, 6.45) is 1.84.